The van der Waals surface area contributed by atoms with Gasteiger partial charge in [0.1, 0.15) is 0 Å². The normalized spacial score (nSPS) is 16.9. The first-order valence-corrected chi connectivity index (χ1v) is 12.0. The summed E-state index contributed by atoms with van der Waals surface area (Å²) in [6, 6.07) is 0. The first-order valence-electron chi connectivity index (χ1n) is 12.0. The van der Waals surface area contributed by atoms with Gasteiger partial charge in [-0.3, -0.25) is 34.0 Å². The third kappa shape index (κ3) is 15.0. The second kappa shape index (κ2) is 19.1. The molecule has 210 valence electrons. The van der Waals surface area contributed by atoms with Crippen LogP contribution in [0.5, 0.6) is 0 Å². The number of hydrogen-bond acceptors (Lipinski definition) is 13. The van der Waals surface area contributed by atoms with Crippen LogP contribution in [0.3, 0.4) is 0 Å². The van der Waals surface area contributed by atoms with Crippen molar-refractivity contribution in [3.05, 3.63) is 10.4 Å². The fourth-order valence-corrected chi connectivity index (χ4v) is 3.61. The van der Waals surface area contributed by atoms with Crippen molar-refractivity contribution in [2.45, 2.75) is 6.42 Å². The van der Waals surface area contributed by atoms with E-state index in [9.17, 15) is 19.2 Å². The lowest BCUT2D eigenvalue weighted by Crippen LogP contribution is -2.50. The third-order valence-electron chi connectivity index (χ3n) is 5.76. The smallest absolute Gasteiger partial charge is 0.338 e. The molecule has 37 heavy (non-hydrogen) atoms. The summed E-state index contributed by atoms with van der Waals surface area (Å²) in [6.45, 7) is 4.51. The number of hydrogen-bond donors (Lipinski definition) is 2. The van der Waals surface area contributed by atoms with E-state index in [1.54, 1.807) is 0 Å². The van der Waals surface area contributed by atoms with E-state index < -0.39 is 17.9 Å². The highest BCUT2D eigenvalue weighted by Crippen LogP contribution is 2.02. The van der Waals surface area contributed by atoms with Crippen LogP contribution in [0, 0.1) is 0 Å². The molecule has 0 atom stereocenters. The van der Waals surface area contributed by atoms with Gasteiger partial charge < -0.3 is 19.6 Å². The Morgan fingerprint density at radius 3 is 1.57 bits per heavy atom. The van der Waals surface area contributed by atoms with Gasteiger partial charge >= 0.3 is 17.9 Å². The monoisotopic (exact) mass is 529 g/mol. The second-order valence-corrected chi connectivity index (χ2v) is 8.40. The molecule has 1 fully saturated rings. The summed E-state index contributed by atoms with van der Waals surface area (Å²) < 4.78 is 9.63. The maximum absolute atomic E-state index is 12.5. The van der Waals surface area contributed by atoms with Crippen molar-refractivity contribution < 1.29 is 33.5 Å². The van der Waals surface area contributed by atoms with Gasteiger partial charge in [0.25, 0.3) is 0 Å². The molecule has 1 amide bonds. The quantitative estimate of drug-likeness (QED) is 0.0691. The highest BCUT2D eigenvalue weighted by Gasteiger charge is 2.21. The van der Waals surface area contributed by atoms with E-state index in [1.807, 2.05) is 19.6 Å². The van der Waals surface area contributed by atoms with Crippen molar-refractivity contribution in [1.82, 2.24) is 24.9 Å². The van der Waals surface area contributed by atoms with E-state index >= 15 is 0 Å². The van der Waals surface area contributed by atoms with Crippen LogP contribution >= 0.6 is 0 Å². The van der Waals surface area contributed by atoms with E-state index in [2.05, 4.69) is 20.2 Å². The van der Waals surface area contributed by atoms with E-state index in [0.29, 0.717) is 71.9 Å². The number of carbonyl (C=O) groups excluding carboxylic acids is 4. The highest BCUT2D eigenvalue weighted by atomic mass is 16.7. The zero-order chi connectivity index (χ0) is 27.5. The maximum atomic E-state index is 12.5. The minimum atomic E-state index is -0.595. The van der Waals surface area contributed by atoms with Gasteiger partial charge in [0.05, 0.1) is 40.4 Å². The minimum Gasteiger partial charge on any atom is -0.468 e. The molecule has 0 unspecified atom stereocenters. The number of nitrogens with two attached hydrogens (primary N) is 1. The van der Waals surface area contributed by atoms with Crippen LogP contribution in [0.15, 0.2) is 5.11 Å². The third-order valence-corrected chi connectivity index (χ3v) is 5.76. The Kier molecular flexibility index (Phi) is 16.6. The van der Waals surface area contributed by atoms with Crippen molar-refractivity contribution in [2.75, 3.05) is 106 Å². The van der Waals surface area contributed by atoms with Crippen molar-refractivity contribution >= 4 is 23.8 Å². The Balaban J connectivity index is 2.94. The maximum Gasteiger partial charge on any atom is 0.338 e. The zero-order valence-electron chi connectivity index (χ0n) is 21.7. The Bertz CT molecular complexity index is 745. The highest BCUT2D eigenvalue weighted by molar-refractivity contribution is 5.78. The van der Waals surface area contributed by atoms with Crippen molar-refractivity contribution in [1.29, 1.82) is 0 Å². The molecule has 16 nitrogen and oxygen atoms in total. The number of ether oxygens (including phenoxy) is 2. The van der Waals surface area contributed by atoms with Crippen LogP contribution in [-0.2, 0) is 33.5 Å². The molecular weight excluding hydrogens is 490 g/mol. The average Bonchev–Trinajstić information content (AvgIpc) is 2.89. The molecule has 1 saturated heterocycles. The second-order valence-electron chi connectivity index (χ2n) is 8.40. The predicted molar refractivity (Wildman–Crippen MR) is 132 cm³/mol. The van der Waals surface area contributed by atoms with Crippen molar-refractivity contribution in [3.63, 3.8) is 0 Å². The summed E-state index contributed by atoms with van der Waals surface area (Å²) in [5, 5.41) is 6.25. The first kappa shape index (κ1) is 32.0. The number of nitrogens with zero attached hydrogens (tertiary/aromatic N) is 7. The number of carbonyl (C=O) groups is 4. The molecule has 1 heterocycles. The lowest BCUT2D eigenvalue weighted by molar-refractivity contribution is -0.146. The van der Waals surface area contributed by atoms with Gasteiger partial charge in [-0.2, -0.15) is 5.90 Å². The number of esters is 2. The molecule has 1 aliphatic rings. The Morgan fingerprint density at radius 2 is 1.19 bits per heavy atom. The van der Waals surface area contributed by atoms with Crippen LogP contribution < -0.4 is 11.2 Å². The topological polar surface area (TPSA) is 196 Å². The molecule has 0 aromatic rings. The van der Waals surface area contributed by atoms with Crippen LogP contribution in [0.1, 0.15) is 6.42 Å². The van der Waals surface area contributed by atoms with Crippen molar-refractivity contribution in [2.24, 2.45) is 11.0 Å². The van der Waals surface area contributed by atoms with E-state index in [4.69, 9.17) is 20.9 Å². The number of nitrogens with one attached hydrogen (secondary N) is 1. The van der Waals surface area contributed by atoms with Gasteiger partial charge in [-0.1, -0.05) is 5.11 Å². The number of methoxy groups -OCH3 is 2. The molecule has 0 aromatic carbocycles. The molecule has 0 saturated carbocycles. The first-order chi connectivity index (χ1) is 17.8. The molecule has 1 aliphatic heterocycles. The molecule has 16 heteroatoms. The predicted octanol–water partition coefficient (Wildman–Crippen LogP) is -2.21. The van der Waals surface area contributed by atoms with Gasteiger partial charge in [0.2, 0.25) is 5.91 Å². The molecule has 0 radical (unpaired) electrons. The molecular formula is C21H39N9O7. The fourth-order valence-electron chi connectivity index (χ4n) is 3.61. The molecule has 3 N–H and O–H groups in total. The van der Waals surface area contributed by atoms with Gasteiger partial charge in [-0.15, -0.1) is 0 Å². The summed E-state index contributed by atoms with van der Waals surface area (Å²) in [5.41, 5.74) is 8.34. The number of amides is 1. The standard InChI is InChI=1S/C21H39N9O7/c1-35-19(32)15-28-8-6-27(14-18(31)24-4-3-5-25-26-22)7-9-29(16-20(33)36-2)11-13-30(12-10-28)17-21(34)37-23/h3-17,23H2,1-2H3,(H,24,31). The molecule has 0 aliphatic carbocycles. The molecule has 0 aromatic heterocycles. The Hall–Kier alpha value is -3.01. The average molecular weight is 530 g/mol. The largest absolute Gasteiger partial charge is 0.468 e. The summed E-state index contributed by atoms with van der Waals surface area (Å²) in [7, 11) is 2.63. The van der Waals surface area contributed by atoms with E-state index in [0.717, 1.165) is 0 Å². The van der Waals surface area contributed by atoms with Crippen LogP contribution in [0.25, 0.3) is 10.4 Å². The van der Waals surface area contributed by atoms with Gasteiger partial charge in [-0.05, 0) is 12.0 Å². The summed E-state index contributed by atoms with van der Waals surface area (Å²) in [6.07, 6.45) is 0.532. The number of rotatable bonds is 12. The molecule has 0 spiro atoms. The van der Waals surface area contributed by atoms with E-state index in [1.165, 1.54) is 14.2 Å². The summed E-state index contributed by atoms with van der Waals surface area (Å²) in [5.74, 6) is 3.45. The van der Waals surface area contributed by atoms with E-state index in [-0.39, 0.29) is 32.1 Å². The molecule has 0 bridgehead atoms. The van der Waals surface area contributed by atoms with Gasteiger partial charge in [0, 0.05) is 70.4 Å². The van der Waals surface area contributed by atoms with Gasteiger partial charge in [-0.25, -0.2) is 4.79 Å². The summed E-state index contributed by atoms with van der Waals surface area (Å²) in [4.78, 5) is 62.8. The molecule has 1 rings (SSSR count). The minimum absolute atomic E-state index is 0.0411. The van der Waals surface area contributed by atoms with Crippen LogP contribution in [0.2, 0.25) is 0 Å². The Morgan fingerprint density at radius 1 is 0.784 bits per heavy atom. The zero-order valence-corrected chi connectivity index (χ0v) is 21.7. The van der Waals surface area contributed by atoms with Crippen LogP contribution in [0.4, 0.5) is 0 Å². The SMILES string of the molecule is COC(=O)CN1CCN(CC(=O)NCCCN=[N+]=[N-])CCN(CC(=O)OC)CCN(CC(=O)ON)CC1. The summed E-state index contributed by atoms with van der Waals surface area (Å²) >= 11 is 0. The Labute approximate surface area is 216 Å². The van der Waals surface area contributed by atoms with Gasteiger partial charge in [0.15, 0.2) is 0 Å². The fraction of sp³-hybridized carbons (Fsp3) is 0.810. The van der Waals surface area contributed by atoms with Crippen LogP contribution in [-0.4, -0.2) is 149 Å². The number of azide groups is 1. The van der Waals surface area contributed by atoms with Crippen molar-refractivity contribution in [3.8, 4) is 0 Å². The lowest BCUT2D eigenvalue weighted by Gasteiger charge is -2.33. The lowest BCUT2D eigenvalue weighted by atomic mass is 10.3.